The zero-order chi connectivity index (χ0) is 8.84. The summed E-state index contributed by atoms with van der Waals surface area (Å²) in [5.74, 6) is 0.0818. The lowest BCUT2D eigenvalue weighted by atomic mass is 10.00. The molecule has 0 spiro atoms. The SMILES string of the molecule is O=C1C=Cc2nsc3cccc1c23. The van der Waals surface area contributed by atoms with Gasteiger partial charge in [0.25, 0.3) is 0 Å². The van der Waals surface area contributed by atoms with Crippen LogP contribution in [0.25, 0.3) is 16.2 Å². The first-order valence-electron chi connectivity index (χ1n) is 3.97. The normalized spacial score (nSPS) is 14.0. The van der Waals surface area contributed by atoms with Gasteiger partial charge in [0.05, 0.1) is 10.4 Å². The van der Waals surface area contributed by atoms with Gasteiger partial charge in [-0.1, -0.05) is 12.1 Å². The molecule has 1 aromatic heterocycles. The van der Waals surface area contributed by atoms with Crippen molar-refractivity contribution in [1.82, 2.24) is 4.37 Å². The molecule has 3 heteroatoms. The fraction of sp³-hybridized carbons (Fsp3) is 0. The Hall–Kier alpha value is -1.48. The van der Waals surface area contributed by atoms with Crippen LogP contribution in [0.3, 0.4) is 0 Å². The van der Waals surface area contributed by atoms with E-state index in [1.54, 1.807) is 12.2 Å². The van der Waals surface area contributed by atoms with E-state index in [1.165, 1.54) is 11.5 Å². The molecule has 1 aliphatic carbocycles. The van der Waals surface area contributed by atoms with E-state index < -0.39 is 0 Å². The number of ketones is 1. The van der Waals surface area contributed by atoms with E-state index >= 15 is 0 Å². The number of aromatic nitrogens is 1. The minimum Gasteiger partial charge on any atom is -0.289 e. The molecule has 0 fully saturated rings. The van der Waals surface area contributed by atoms with E-state index in [-0.39, 0.29) is 5.78 Å². The molecule has 1 aromatic carbocycles. The summed E-state index contributed by atoms with van der Waals surface area (Å²) >= 11 is 1.44. The van der Waals surface area contributed by atoms with Crippen LogP contribution < -0.4 is 0 Å². The van der Waals surface area contributed by atoms with Crippen LogP contribution in [0.2, 0.25) is 0 Å². The number of nitrogens with zero attached hydrogens (tertiary/aromatic N) is 1. The predicted octanol–water partition coefficient (Wildman–Crippen LogP) is 2.51. The van der Waals surface area contributed by atoms with Crippen LogP contribution in [0.1, 0.15) is 16.1 Å². The standard InChI is InChI=1S/C10H5NOS/c12-8-5-4-7-10-6(8)2-1-3-9(10)13-11-7/h1-5H. The summed E-state index contributed by atoms with van der Waals surface area (Å²) < 4.78 is 5.35. The Labute approximate surface area is 78.7 Å². The van der Waals surface area contributed by atoms with Gasteiger partial charge in [-0.2, -0.15) is 4.37 Å². The van der Waals surface area contributed by atoms with Crippen LogP contribution in [-0.4, -0.2) is 10.2 Å². The molecule has 0 unspecified atom stereocenters. The molecule has 1 aliphatic rings. The van der Waals surface area contributed by atoms with Crippen molar-refractivity contribution >= 4 is 33.5 Å². The quantitative estimate of drug-likeness (QED) is 0.634. The lowest BCUT2D eigenvalue weighted by Gasteiger charge is -2.03. The minimum absolute atomic E-state index is 0.0818. The molecular weight excluding hydrogens is 182 g/mol. The Morgan fingerprint density at radius 3 is 3.08 bits per heavy atom. The second kappa shape index (κ2) is 2.26. The third-order valence-electron chi connectivity index (χ3n) is 2.18. The molecule has 0 radical (unpaired) electrons. The first-order chi connectivity index (χ1) is 6.36. The maximum Gasteiger partial charge on any atom is 0.186 e. The molecule has 0 saturated heterocycles. The Morgan fingerprint density at radius 1 is 1.23 bits per heavy atom. The molecule has 62 valence electrons. The van der Waals surface area contributed by atoms with E-state index in [2.05, 4.69) is 4.37 Å². The zero-order valence-electron chi connectivity index (χ0n) is 6.65. The number of benzene rings is 1. The minimum atomic E-state index is 0.0818. The van der Waals surface area contributed by atoms with Crippen LogP contribution in [0, 0.1) is 0 Å². The number of allylic oxidation sites excluding steroid dienone is 1. The van der Waals surface area contributed by atoms with Gasteiger partial charge < -0.3 is 0 Å². The molecule has 0 N–H and O–H groups in total. The average Bonchev–Trinajstić information content (AvgIpc) is 2.57. The monoisotopic (exact) mass is 187 g/mol. The van der Waals surface area contributed by atoms with E-state index in [4.69, 9.17) is 0 Å². The summed E-state index contributed by atoms with van der Waals surface area (Å²) in [5.41, 5.74) is 1.71. The van der Waals surface area contributed by atoms with Gasteiger partial charge in [-0.05, 0) is 29.8 Å². The highest BCUT2D eigenvalue weighted by Gasteiger charge is 2.16. The second-order valence-corrected chi connectivity index (χ2v) is 3.75. The van der Waals surface area contributed by atoms with Gasteiger partial charge in [-0.25, -0.2) is 0 Å². The van der Waals surface area contributed by atoms with Gasteiger partial charge in [-0.3, -0.25) is 4.79 Å². The van der Waals surface area contributed by atoms with Crippen LogP contribution >= 0.6 is 11.5 Å². The summed E-state index contributed by atoms with van der Waals surface area (Å²) in [4.78, 5) is 11.5. The highest BCUT2D eigenvalue weighted by molar-refractivity contribution is 7.13. The van der Waals surface area contributed by atoms with E-state index in [9.17, 15) is 4.79 Å². The van der Waals surface area contributed by atoms with Gasteiger partial charge in [0.1, 0.15) is 0 Å². The molecule has 13 heavy (non-hydrogen) atoms. The lowest BCUT2D eigenvalue weighted by molar-refractivity contribution is 0.104. The van der Waals surface area contributed by atoms with Crippen LogP contribution in [0.15, 0.2) is 24.3 Å². The summed E-state index contributed by atoms with van der Waals surface area (Å²) in [6.45, 7) is 0. The van der Waals surface area contributed by atoms with Gasteiger partial charge in [0.2, 0.25) is 0 Å². The summed E-state index contributed by atoms with van der Waals surface area (Å²) in [6, 6.07) is 5.75. The lowest BCUT2D eigenvalue weighted by Crippen LogP contribution is -1.99. The van der Waals surface area contributed by atoms with E-state index in [0.717, 1.165) is 21.3 Å². The van der Waals surface area contributed by atoms with Crippen LogP contribution in [0.4, 0.5) is 0 Å². The van der Waals surface area contributed by atoms with Crippen molar-refractivity contribution in [2.75, 3.05) is 0 Å². The molecule has 0 saturated carbocycles. The fourth-order valence-electron chi connectivity index (χ4n) is 1.58. The van der Waals surface area contributed by atoms with Crippen LogP contribution in [-0.2, 0) is 0 Å². The molecule has 0 aliphatic heterocycles. The van der Waals surface area contributed by atoms with Gasteiger partial charge in [-0.15, -0.1) is 0 Å². The van der Waals surface area contributed by atoms with Crippen molar-refractivity contribution < 1.29 is 4.79 Å². The molecule has 2 nitrogen and oxygen atoms in total. The topological polar surface area (TPSA) is 30.0 Å². The predicted molar refractivity (Wildman–Crippen MR) is 53.0 cm³/mol. The third kappa shape index (κ3) is 0.820. The van der Waals surface area contributed by atoms with E-state index in [1.807, 2.05) is 18.2 Å². The van der Waals surface area contributed by atoms with Crippen molar-refractivity contribution in [3.63, 3.8) is 0 Å². The average molecular weight is 187 g/mol. The maximum absolute atomic E-state index is 11.5. The summed E-state index contributed by atoms with van der Waals surface area (Å²) in [6.07, 6.45) is 3.37. The first kappa shape index (κ1) is 6.97. The van der Waals surface area contributed by atoms with Crippen molar-refractivity contribution in [1.29, 1.82) is 0 Å². The smallest absolute Gasteiger partial charge is 0.186 e. The van der Waals surface area contributed by atoms with Crippen molar-refractivity contribution in [2.24, 2.45) is 0 Å². The number of rotatable bonds is 0. The van der Waals surface area contributed by atoms with Gasteiger partial charge >= 0.3 is 0 Å². The third-order valence-corrected chi connectivity index (χ3v) is 3.01. The zero-order valence-corrected chi connectivity index (χ0v) is 7.47. The molecule has 0 atom stereocenters. The molecule has 1 heterocycles. The van der Waals surface area contributed by atoms with Gasteiger partial charge in [0.15, 0.2) is 5.78 Å². The van der Waals surface area contributed by atoms with Crippen LogP contribution in [0.5, 0.6) is 0 Å². The Morgan fingerprint density at radius 2 is 2.15 bits per heavy atom. The van der Waals surface area contributed by atoms with E-state index in [0.29, 0.717) is 0 Å². The maximum atomic E-state index is 11.5. The van der Waals surface area contributed by atoms with Crippen molar-refractivity contribution in [3.05, 3.63) is 35.5 Å². The number of hydrogen-bond acceptors (Lipinski definition) is 3. The molecular formula is C10H5NOS. The number of carbonyl (C=O) groups is 1. The largest absolute Gasteiger partial charge is 0.289 e. The van der Waals surface area contributed by atoms with Crippen molar-refractivity contribution in [2.45, 2.75) is 0 Å². The number of carbonyl (C=O) groups excluding carboxylic acids is 1. The fourth-order valence-corrected chi connectivity index (χ4v) is 2.37. The van der Waals surface area contributed by atoms with Gasteiger partial charge in [0, 0.05) is 10.9 Å². The first-order valence-corrected chi connectivity index (χ1v) is 4.74. The molecule has 0 bridgehead atoms. The molecule has 2 aromatic rings. The van der Waals surface area contributed by atoms with Crippen molar-refractivity contribution in [3.8, 4) is 0 Å². The highest BCUT2D eigenvalue weighted by atomic mass is 32.1. The Balaban J connectivity index is 2.59. The molecule has 3 rings (SSSR count). The summed E-state index contributed by atoms with van der Waals surface area (Å²) in [5, 5.41) is 1.01. The summed E-state index contributed by atoms with van der Waals surface area (Å²) in [7, 11) is 0. The Kier molecular flexibility index (Phi) is 1.21. The Bertz CT molecular complexity index is 539. The molecule has 0 amide bonds. The highest BCUT2D eigenvalue weighted by Crippen LogP contribution is 2.30. The number of hydrogen-bond donors (Lipinski definition) is 0. The second-order valence-electron chi connectivity index (χ2n) is 2.94.